The van der Waals surface area contributed by atoms with E-state index in [1.807, 2.05) is 16.0 Å². The zero-order chi connectivity index (χ0) is 42.4. The molecule has 0 heterocycles. The van der Waals surface area contributed by atoms with Crippen molar-refractivity contribution in [2.24, 2.45) is 0 Å². The third-order valence-electron chi connectivity index (χ3n) is 7.36. The van der Waals surface area contributed by atoms with E-state index in [2.05, 4.69) is 21.3 Å². The highest BCUT2D eigenvalue weighted by atomic mass is 16.4. The second-order valence-electron chi connectivity index (χ2n) is 11.9. The van der Waals surface area contributed by atoms with E-state index in [1.54, 1.807) is 12.1 Å². The minimum atomic E-state index is -1.78. The monoisotopic (exact) mass is 797 g/mol. The van der Waals surface area contributed by atoms with E-state index in [9.17, 15) is 63.0 Å². The van der Waals surface area contributed by atoms with Crippen molar-refractivity contribution >= 4 is 65.6 Å². The molecule has 0 saturated heterocycles. The number of carbonyl (C=O) groups is 11. The maximum Gasteiger partial charge on any atom is 0.326 e. The third-order valence-corrected chi connectivity index (χ3v) is 7.36. The molecule has 7 amide bonds. The Morgan fingerprint density at radius 2 is 1.04 bits per heavy atom. The molecule has 0 aliphatic carbocycles. The van der Waals surface area contributed by atoms with Crippen molar-refractivity contribution in [3.8, 4) is 0 Å². The molecule has 0 aromatic heterocycles. The van der Waals surface area contributed by atoms with Gasteiger partial charge in [0, 0.05) is 19.5 Å². The number of benzene rings is 1. The van der Waals surface area contributed by atoms with Gasteiger partial charge >= 0.3 is 47.9 Å². The van der Waals surface area contributed by atoms with Crippen molar-refractivity contribution in [1.82, 2.24) is 37.2 Å². The molecule has 0 unspecified atom stereocenters. The van der Waals surface area contributed by atoms with Crippen LogP contribution in [0.1, 0.15) is 56.1 Å². The molecule has 0 radical (unpaired) electrons. The highest BCUT2D eigenvalue weighted by Gasteiger charge is 2.30. The maximum absolute atomic E-state index is 12.8. The van der Waals surface area contributed by atoms with E-state index >= 15 is 0 Å². The van der Waals surface area contributed by atoms with E-state index in [-0.39, 0.29) is 32.4 Å². The fourth-order valence-electron chi connectivity index (χ4n) is 4.59. The van der Waals surface area contributed by atoms with Gasteiger partial charge in [0.2, 0.25) is 17.7 Å². The quantitative estimate of drug-likeness (QED) is 0.0427. The lowest BCUT2D eigenvalue weighted by atomic mass is 10.1. The van der Waals surface area contributed by atoms with Gasteiger partial charge in [-0.05, 0) is 36.8 Å². The van der Waals surface area contributed by atoms with Crippen molar-refractivity contribution in [2.75, 3.05) is 13.1 Å². The third kappa shape index (κ3) is 20.3. The van der Waals surface area contributed by atoms with Crippen LogP contribution in [0.2, 0.25) is 0 Å². The molecule has 1 aromatic rings. The normalized spacial score (nSPS) is 12.6. The number of hydrogen-bond donors (Lipinski definition) is 13. The molecular weight excluding hydrogens is 754 g/mol. The Morgan fingerprint density at radius 1 is 0.500 bits per heavy atom. The van der Waals surface area contributed by atoms with Crippen LogP contribution in [0.25, 0.3) is 0 Å². The van der Waals surface area contributed by atoms with E-state index in [0.29, 0.717) is 17.5 Å². The van der Waals surface area contributed by atoms with E-state index in [1.165, 1.54) is 12.1 Å². The second-order valence-corrected chi connectivity index (χ2v) is 11.9. The summed E-state index contributed by atoms with van der Waals surface area (Å²) in [5.41, 5.74) is 1.01. The lowest BCUT2D eigenvalue weighted by molar-refractivity contribution is -0.143. The molecule has 0 fully saturated rings. The smallest absolute Gasteiger partial charge is 0.326 e. The molecule has 0 aliphatic heterocycles. The topological polar surface area (TPSA) is 393 Å². The summed E-state index contributed by atoms with van der Waals surface area (Å²) in [4.78, 5) is 129. The number of carbonyl (C=O) groups excluding carboxylic acids is 5. The molecule has 4 atom stereocenters. The molecule has 56 heavy (non-hydrogen) atoms. The largest absolute Gasteiger partial charge is 0.481 e. The van der Waals surface area contributed by atoms with Crippen LogP contribution in [0.4, 0.5) is 9.59 Å². The Hall–Kier alpha value is -7.01. The van der Waals surface area contributed by atoms with Gasteiger partial charge < -0.3 is 67.9 Å². The molecule has 0 spiro atoms. The van der Waals surface area contributed by atoms with E-state index < -0.39 is 122 Å². The molecule has 0 bridgehead atoms. The van der Waals surface area contributed by atoms with Crippen molar-refractivity contribution in [3.63, 3.8) is 0 Å². The van der Waals surface area contributed by atoms with Gasteiger partial charge in [-0.15, -0.1) is 0 Å². The standard InChI is InChI=1S/C32H43N7O17/c40-22(36-21(13-25(45)46)28(50)37-20(12-24(43)44)27(49)34-15-26(47)48)11-16-4-6-17(7-5-16)14-35-31(55)33-10-2-1-3-18(29(51)52)38-32(56)39-19(30(53)54)8-9-23(41)42/h4-7,18-21H,1-3,8-15H2,(H,34,49)(H,36,40)(H,37,50)(H,41,42)(H,43,44)(H,45,46)(H,47,48)(H,51,52)(H,53,54)(H2,33,35,55)(H2,38,39,56)/t18-,19-,20-,21-/m0/s1. The summed E-state index contributed by atoms with van der Waals surface area (Å²) in [6, 6.07) is -1.97. The lowest BCUT2D eigenvalue weighted by Crippen LogP contribution is -2.55. The van der Waals surface area contributed by atoms with Crippen LogP contribution in [0.3, 0.4) is 0 Å². The summed E-state index contributed by atoms with van der Waals surface area (Å²) >= 11 is 0. The van der Waals surface area contributed by atoms with Crippen LogP contribution in [-0.2, 0) is 56.1 Å². The number of rotatable bonds is 26. The number of hydrogen-bond acceptors (Lipinski definition) is 11. The summed E-state index contributed by atoms with van der Waals surface area (Å²) in [5.74, 6) is -11.8. The van der Waals surface area contributed by atoms with Crippen LogP contribution in [0.15, 0.2) is 24.3 Å². The average molecular weight is 798 g/mol. The highest BCUT2D eigenvalue weighted by molar-refractivity contribution is 5.96. The van der Waals surface area contributed by atoms with Crippen LogP contribution in [-0.4, -0.2) is 133 Å². The Labute approximate surface area is 316 Å². The lowest BCUT2D eigenvalue weighted by Gasteiger charge is -2.21. The number of carboxylic acids is 6. The van der Waals surface area contributed by atoms with Gasteiger partial charge in [-0.1, -0.05) is 24.3 Å². The average Bonchev–Trinajstić information content (AvgIpc) is 3.09. The predicted molar refractivity (Wildman–Crippen MR) is 185 cm³/mol. The summed E-state index contributed by atoms with van der Waals surface area (Å²) in [5, 5.41) is 69.6. The maximum atomic E-state index is 12.8. The Morgan fingerprint density at radius 3 is 1.55 bits per heavy atom. The molecule has 1 rings (SSSR count). The van der Waals surface area contributed by atoms with Crippen LogP contribution >= 0.6 is 0 Å². The highest BCUT2D eigenvalue weighted by Crippen LogP contribution is 2.07. The first-order valence-corrected chi connectivity index (χ1v) is 16.6. The molecule has 24 nitrogen and oxygen atoms in total. The SMILES string of the molecule is O=C(O)CC[C@H](NC(=O)N[C@@H](CCCCNC(=O)NCc1ccc(CC(=O)N[C@@H](CC(=O)O)C(=O)N[C@@H](CC(=O)O)C(=O)NCC(=O)O)cc1)C(=O)O)C(=O)O. The fourth-order valence-corrected chi connectivity index (χ4v) is 4.59. The number of nitrogens with one attached hydrogen (secondary N) is 7. The van der Waals surface area contributed by atoms with Gasteiger partial charge in [-0.25, -0.2) is 19.2 Å². The van der Waals surface area contributed by atoms with Gasteiger partial charge in [0.05, 0.1) is 19.3 Å². The van der Waals surface area contributed by atoms with Gasteiger partial charge in [-0.2, -0.15) is 0 Å². The Kier molecular flexibility index (Phi) is 20.4. The van der Waals surface area contributed by atoms with Crippen LogP contribution in [0, 0.1) is 0 Å². The fraction of sp³-hybridized carbons (Fsp3) is 0.469. The van der Waals surface area contributed by atoms with Gasteiger partial charge in [0.1, 0.15) is 30.7 Å². The Bertz CT molecular complexity index is 1620. The van der Waals surface area contributed by atoms with Crippen molar-refractivity contribution in [2.45, 2.75) is 82.1 Å². The summed E-state index contributed by atoms with van der Waals surface area (Å²) < 4.78 is 0. The van der Waals surface area contributed by atoms with E-state index in [4.69, 9.17) is 20.4 Å². The number of urea groups is 2. The number of carboxylic acid groups (broad SMARTS) is 6. The molecule has 24 heteroatoms. The van der Waals surface area contributed by atoms with E-state index in [0.717, 1.165) is 0 Å². The first kappa shape index (κ1) is 47.0. The van der Waals surface area contributed by atoms with Gasteiger partial charge in [-0.3, -0.25) is 33.6 Å². The minimum Gasteiger partial charge on any atom is -0.481 e. The summed E-state index contributed by atoms with van der Waals surface area (Å²) in [6.07, 6.45) is -2.74. The molecular formula is C32H43N7O17. The van der Waals surface area contributed by atoms with Crippen molar-refractivity contribution in [1.29, 1.82) is 0 Å². The van der Waals surface area contributed by atoms with Gasteiger partial charge in [0.25, 0.3) is 0 Å². The van der Waals surface area contributed by atoms with Crippen LogP contribution in [0.5, 0.6) is 0 Å². The van der Waals surface area contributed by atoms with Crippen molar-refractivity contribution in [3.05, 3.63) is 35.4 Å². The first-order valence-electron chi connectivity index (χ1n) is 16.6. The predicted octanol–water partition coefficient (Wildman–Crippen LogP) is -2.61. The molecule has 13 N–H and O–H groups in total. The summed E-state index contributed by atoms with van der Waals surface area (Å²) in [7, 11) is 0. The number of unbranched alkanes of at least 4 members (excludes halogenated alkanes) is 1. The van der Waals surface area contributed by atoms with Crippen LogP contribution < -0.4 is 37.2 Å². The molecule has 0 aliphatic rings. The second kappa shape index (κ2) is 24.3. The zero-order valence-electron chi connectivity index (χ0n) is 29.6. The number of aliphatic carboxylic acids is 6. The molecule has 1 aromatic carbocycles. The first-order chi connectivity index (χ1) is 26.3. The minimum absolute atomic E-state index is 0.0423. The van der Waals surface area contributed by atoms with Crippen molar-refractivity contribution < 1.29 is 83.4 Å². The molecule has 308 valence electrons. The van der Waals surface area contributed by atoms with Gasteiger partial charge in [0.15, 0.2) is 0 Å². The molecule has 0 saturated carbocycles. The number of amides is 7. The Balaban J connectivity index is 2.58. The zero-order valence-corrected chi connectivity index (χ0v) is 29.6. The summed E-state index contributed by atoms with van der Waals surface area (Å²) in [6.45, 7) is -0.720.